The molecule has 0 bridgehead atoms. The molecule has 0 aromatic carbocycles. The van der Waals surface area contributed by atoms with Crippen LogP contribution in [0.25, 0.3) is 0 Å². The average Bonchev–Trinajstić information content (AvgIpc) is 2.25. The lowest BCUT2D eigenvalue weighted by molar-refractivity contribution is 0.173. The summed E-state index contributed by atoms with van der Waals surface area (Å²) in [6.07, 6.45) is 10.6. The van der Waals surface area contributed by atoms with Crippen LogP contribution in [0.1, 0.15) is 58.3 Å². The Morgan fingerprint density at radius 2 is 1.94 bits per heavy atom. The van der Waals surface area contributed by atoms with Crippen molar-refractivity contribution in [3.8, 4) is 0 Å². The van der Waals surface area contributed by atoms with Crippen LogP contribution in [0.3, 0.4) is 0 Å². The molecule has 92 valence electrons. The van der Waals surface area contributed by atoms with Crippen molar-refractivity contribution < 1.29 is 0 Å². The third-order valence-corrected chi connectivity index (χ3v) is 4.15. The van der Waals surface area contributed by atoms with Gasteiger partial charge in [0, 0.05) is 12.6 Å². The first-order chi connectivity index (χ1) is 7.68. The monoisotopic (exact) mass is 223 g/mol. The Labute approximate surface area is 98.9 Å². The maximum Gasteiger partial charge on any atom is 0.188 e. The fraction of sp³-hybridized carbons (Fsp3) is 0.923. The van der Waals surface area contributed by atoms with E-state index in [0.29, 0.717) is 17.4 Å². The SMILES string of the molecule is CC1(CN=C(N)NC2CCCCC2)CCC1. The summed E-state index contributed by atoms with van der Waals surface area (Å²) in [6.45, 7) is 3.21. The van der Waals surface area contributed by atoms with Crippen LogP contribution in [0.2, 0.25) is 0 Å². The highest BCUT2D eigenvalue weighted by atomic mass is 15.1. The summed E-state index contributed by atoms with van der Waals surface area (Å²) in [6, 6.07) is 0.576. The molecule has 0 heterocycles. The van der Waals surface area contributed by atoms with Crippen LogP contribution in [0, 0.1) is 5.41 Å². The van der Waals surface area contributed by atoms with Crippen molar-refractivity contribution in [2.45, 2.75) is 64.3 Å². The second kappa shape index (κ2) is 5.07. The summed E-state index contributed by atoms with van der Waals surface area (Å²) in [5.74, 6) is 0.667. The number of aliphatic imine (C=N–C) groups is 1. The molecule has 0 spiro atoms. The average molecular weight is 223 g/mol. The van der Waals surface area contributed by atoms with Gasteiger partial charge < -0.3 is 11.1 Å². The molecule has 0 saturated heterocycles. The van der Waals surface area contributed by atoms with Crippen molar-refractivity contribution in [1.82, 2.24) is 5.32 Å². The van der Waals surface area contributed by atoms with E-state index in [4.69, 9.17) is 5.73 Å². The number of rotatable bonds is 3. The van der Waals surface area contributed by atoms with Gasteiger partial charge in [0.25, 0.3) is 0 Å². The van der Waals surface area contributed by atoms with Gasteiger partial charge in [-0.05, 0) is 31.1 Å². The Morgan fingerprint density at radius 1 is 1.25 bits per heavy atom. The Balaban J connectivity index is 1.73. The van der Waals surface area contributed by atoms with Gasteiger partial charge in [-0.25, -0.2) is 0 Å². The Bertz CT molecular complexity index is 250. The molecule has 0 atom stereocenters. The van der Waals surface area contributed by atoms with Gasteiger partial charge in [0.05, 0.1) is 0 Å². The summed E-state index contributed by atoms with van der Waals surface area (Å²) >= 11 is 0. The molecule has 2 aliphatic carbocycles. The third-order valence-electron chi connectivity index (χ3n) is 4.15. The standard InChI is InChI=1S/C13H25N3/c1-13(8-5-9-13)10-15-12(14)16-11-6-3-2-4-7-11/h11H,2-10H2,1H3,(H3,14,15,16). The minimum Gasteiger partial charge on any atom is -0.370 e. The molecule has 0 aromatic heterocycles. The smallest absolute Gasteiger partial charge is 0.188 e. The maximum absolute atomic E-state index is 5.93. The lowest BCUT2D eigenvalue weighted by Gasteiger charge is -2.37. The lowest BCUT2D eigenvalue weighted by atomic mass is 9.71. The molecule has 0 unspecified atom stereocenters. The molecule has 2 fully saturated rings. The van der Waals surface area contributed by atoms with Gasteiger partial charge in [-0.3, -0.25) is 4.99 Å². The van der Waals surface area contributed by atoms with E-state index < -0.39 is 0 Å². The first kappa shape index (κ1) is 11.7. The number of nitrogens with one attached hydrogen (secondary N) is 1. The molecule has 16 heavy (non-hydrogen) atoms. The molecule has 3 heteroatoms. The maximum atomic E-state index is 5.93. The predicted molar refractivity (Wildman–Crippen MR) is 68.5 cm³/mol. The normalized spacial score (nSPS) is 26.2. The Kier molecular flexibility index (Phi) is 3.72. The molecular formula is C13H25N3. The van der Waals surface area contributed by atoms with E-state index in [-0.39, 0.29) is 0 Å². The number of hydrogen-bond donors (Lipinski definition) is 2. The van der Waals surface area contributed by atoms with E-state index in [1.54, 1.807) is 0 Å². The van der Waals surface area contributed by atoms with Crippen LogP contribution in [-0.2, 0) is 0 Å². The van der Waals surface area contributed by atoms with E-state index in [2.05, 4.69) is 17.2 Å². The van der Waals surface area contributed by atoms with Gasteiger partial charge >= 0.3 is 0 Å². The summed E-state index contributed by atoms with van der Waals surface area (Å²) < 4.78 is 0. The van der Waals surface area contributed by atoms with Gasteiger partial charge in [-0.2, -0.15) is 0 Å². The van der Waals surface area contributed by atoms with Crippen molar-refractivity contribution in [2.24, 2.45) is 16.1 Å². The van der Waals surface area contributed by atoms with Gasteiger partial charge in [-0.1, -0.05) is 32.6 Å². The van der Waals surface area contributed by atoms with Gasteiger partial charge in [0.1, 0.15) is 0 Å². The quantitative estimate of drug-likeness (QED) is 0.570. The number of hydrogen-bond acceptors (Lipinski definition) is 1. The lowest BCUT2D eigenvalue weighted by Crippen LogP contribution is -2.42. The minimum absolute atomic E-state index is 0.443. The van der Waals surface area contributed by atoms with Crippen molar-refractivity contribution in [1.29, 1.82) is 0 Å². The van der Waals surface area contributed by atoms with Crippen molar-refractivity contribution in [2.75, 3.05) is 6.54 Å². The minimum atomic E-state index is 0.443. The van der Waals surface area contributed by atoms with E-state index >= 15 is 0 Å². The zero-order chi connectivity index (χ0) is 11.4. The molecule has 0 amide bonds. The topological polar surface area (TPSA) is 50.4 Å². The highest BCUT2D eigenvalue weighted by Gasteiger charge is 2.31. The van der Waals surface area contributed by atoms with Crippen LogP contribution in [-0.4, -0.2) is 18.5 Å². The highest BCUT2D eigenvalue weighted by molar-refractivity contribution is 5.78. The Morgan fingerprint density at radius 3 is 2.50 bits per heavy atom. The van der Waals surface area contributed by atoms with Crippen LogP contribution in [0.4, 0.5) is 0 Å². The van der Waals surface area contributed by atoms with Gasteiger partial charge in [-0.15, -0.1) is 0 Å². The summed E-state index contributed by atoms with van der Waals surface area (Å²) in [4.78, 5) is 4.50. The molecule has 0 radical (unpaired) electrons. The fourth-order valence-electron chi connectivity index (χ4n) is 2.72. The molecule has 3 N–H and O–H groups in total. The second-order valence-corrected chi connectivity index (χ2v) is 5.84. The van der Waals surface area contributed by atoms with E-state index in [9.17, 15) is 0 Å². The molecule has 2 rings (SSSR count). The van der Waals surface area contributed by atoms with E-state index in [1.807, 2.05) is 0 Å². The number of nitrogens with two attached hydrogens (primary N) is 1. The van der Waals surface area contributed by atoms with E-state index in [0.717, 1.165) is 6.54 Å². The van der Waals surface area contributed by atoms with Crippen molar-refractivity contribution >= 4 is 5.96 Å². The third kappa shape index (κ3) is 3.13. The summed E-state index contributed by atoms with van der Waals surface area (Å²) in [5, 5.41) is 3.37. The first-order valence-electron chi connectivity index (χ1n) is 6.74. The van der Waals surface area contributed by atoms with Gasteiger partial charge in [0.15, 0.2) is 5.96 Å². The molecule has 3 nitrogen and oxygen atoms in total. The number of guanidine groups is 1. The molecule has 2 saturated carbocycles. The second-order valence-electron chi connectivity index (χ2n) is 5.84. The van der Waals surface area contributed by atoms with Crippen LogP contribution in [0.15, 0.2) is 4.99 Å². The zero-order valence-electron chi connectivity index (χ0n) is 10.5. The fourth-order valence-corrected chi connectivity index (χ4v) is 2.72. The van der Waals surface area contributed by atoms with Crippen LogP contribution < -0.4 is 11.1 Å². The van der Waals surface area contributed by atoms with Crippen molar-refractivity contribution in [3.05, 3.63) is 0 Å². The van der Waals surface area contributed by atoms with E-state index in [1.165, 1.54) is 51.4 Å². The van der Waals surface area contributed by atoms with Crippen LogP contribution in [0.5, 0.6) is 0 Å². The number of nitrogens with zero attached hydrogens (tertiary/aromatic N) is 1. The zero-order valence-corrected chi connectivity index (χ0v) is 10.5. The summed E-state index contributed by atoms with van der Waals surface area (Å²) in [7, 11) is 0. The Hall–Kier alpha value is -0.730. The molecule has 0 aromatic rings. The van der Waals surface area contributed by atoms with Crippen LogP contribution >= 0.6 is 0 Å². The predicted octanol–water partition coefficient (Wildman–Crippen LogP) is 2.41. The molecule has 2 aliphatic rings. The highest BCUT2D eigenvalue weighted by Crippen LogP contribution is 2.40. The largest absolute Gasteiger partial charge is 0.370 e. The van der Waals surface area contributed by atoms with Gasteiger partial charge in [0.2, 0.25) is 0 Å². The molecule has 0 aliphatic heterocycles. The molecular weight excluding hydrogens is 198 g/mol. The first-order valence-corrected chi connectivity index (χ1v) is 6.74. The summed E-state index contributed by atoms with van der Waals surface area (Å²) in [5.41, 5.74) is 6.37. The van der Waals surface area contributed by atoms with Crippen molar-refractivity contribution in [3.63, 3.8) is 0 Å².